The van der Waals surface area contributed by atoms with Gasteiger partial charge >= 0.3 is 5.69 Å². The summed E-state index contributed by atoms with van der Waals surface area (Å²) in [6, 6.07) is 16.2. The molecular weight excluding hydrogens is 456 g/mol. The van der Waals surface area contributed by atoms with E-state index in [2.05, 4.69) is 51.8 Å². The van der Waals surface area contributed by atoms with Gasteiger partial charge in [-0.15, -0.1) is 5.10 Å². The molecule has 0 spiro atoms. The molecule has 0 saturated heterocycles. The van der Waals surface area contributed by atoms with Gasteiger partial charge in [-0.1, -0.05) is 61.9 Å². The normalized spacial score (nSPS) is 12.0. The molecule has 0 saturated carbocycles. The van der Waals surface area contributed by atoms with Crippen LogP contribution in [0.4, 0.5) is 0 Å². The number of hydrogen-bond donors (Lipinski definition) is 1. The molecule has 0 radical (unpaired) electrons. The van der Waals surface area contributed by atoms with E-state index in [1.165, 1.54) is 0 Å². The molecule has 2 aromatic heterocycles. The summed E-state index contributed by atoms with van der Waals surface area (Å²) in [5.41, 5.74) is 5.25. The summed E-state index contributed by atoms with van der Waals surface area (Å²) in [5, 5.41) is 14.3. The van der Waals surface area contributed by atoms with Gasteiger partial charge in [0, 0.05) is 31.0 Å². The Balaban J connectivity index is 1.75. The summed E-state index contributed by atoms with van der Waals surface area (Å²) in [4.78, 5) is 13.7. The van der Waals surface area contributed by atoms with Gasteiger partial charge in [-0.3, -0.25) is 9.13 Å². The minimum absolute atomic E-state index is 0.0627. The van der Waals surface area contributed by atoms with Crippen LogP contribution in [0.5, 0.6) is 0 Å². The van der Waals surface area contributed by atoms with Crippen LogP contribution in [0.25, 0.3) is 22.5 Å². The summed E-state index contributed by atoms with van der Waals surface area (Å²) in [6.07, 6.45) is 1.02. The van der Waals surface area contributed by atoms with E-state index in [0.717, 1.165) is 46.5 Å². The average molecular weight is 491 g/mol. The maximum Gasteiger partial charge on any atom is 0.329 e. The lowest BCUT2D eigenvalue weighted by molar-refractivity contribution is -0.112. The van der Waals surface area contributed by atoms with Gasteiger partial charge in [-0.25, -0.2) is 9.89 Å². The largest absolute Gasteiger partial charge is 0.350 e. The molecule has 2 heterocycles. The van der Waals surface area contributed by atoms with Crippen LogP contribution < -0.4 is 5.69 Å². The van der Waals surface area contributed by atoms with Gasteiger partial charge < -0.3 is 9.47 Å². The number of aromatic amines is 1. The summed E-state index contributed by atoms with van der Waals surface area (Å²) in [7, 11) is 3.20. The number of imidazole rings is 1. The minimum atomic E-state index is -0.621. The van der Waals surface area contributed by atoms with Gasteiger partial charge in [-0.05, 0) is 54.3 Å². The molecule has 36 heavy (non-hydrogen) atoms. The molecule has 0 aliphatic heterocycles. The lowest BCUT2D eigenvalue weighted by atomic mass is 9.98. The number of rotatable bonds is 9. The van der Waals surface area contributed by atoms with Gasteiger partial charge in [0.25, 0.3) is 0 Å². The fourth-order valence-corrected chi connectivity index (χ4v) is 4.67. The van der Waals surface area contributed by atoms with E-state index in [4.69, 9.17) is 9.47 Å². The Morgan fingerprint density at radius 2 is 1.67 bits per heavy atom. The summed E-state index contributed by atoms with van der Waals surface area (Å²) in [6.45, 7) is 8.64. The zero-order valence-corrected chi connectivity index (χ0v) is 21.8. The third-order valence-electron chi connectivity index (χ3n) is 6.23. The Kier molecular flexibility index (Phi) is 7.51. The fraction of sp³-hybridized carbons (Fsp3) is 0.407. The molecule has 0 unspecified atom stereocenters. The minimum Gasteiger partial charge on any atom is -0.350 e. The number of nitrogens with zero attached hydrogens (tertiary/aromatic N) is 5. The number of benzene rings is 2. The van der Waals surface area contributed by atoms with Crippen molar-refractivity contribution in [3.8, 4) is 22.5 Å². The van der Waals surface area contributed by atoms with E-state index in [-0.39, 0.29) is 5.69 Å². The van der Waals surface area contributed by atoms with E-state index in [1.807, 2.05) is 54.2 Å². The topological polar surface area (TPSA) is 99.8 Å². The van der Waals surface area contributed by atoms with Gasteiger partial charge in [-0.2, -0.15) is 0 Å². The second-order valence-electron chi connectivity index (χ2n) is 9.75. The maximum atomic E-state index is 13.7. The highest BCUT2D eigenvalue weighted by atomic mass is 16.7. The number of tetrazole rings is 1. The third kappa shape index (κ3) is 4.89. The molecule has 0 atom stereocenters. The highest BCUT2D eigenvalue weighted by Gasteiger charge is 2.31. The summed E-state index contributed by atoms with van der Waals surface area (Å²) < 4.78 is 14.9. The van der Waals surface area contributed by atoms with Crippen LogP contribution in [0.3, 0.4) is 0 Å². The van der Waals surface area contributed by atoms with Gasteiger partial charge in [0.1, 0.15) is 0 Å². The molecule has 4 rings (SSSR count). The van der Waals surface area contributed by atoms with Crippen molar-refractivity contribution in [2.75, 3.05) is 14.2 Å². The van der Waals surface area contributed by atoms with Crippen LogP contribution >= 0.6 is 0 Å². The van der Waals surface area contributed by atoms with Crippen molar-refractivity contribution in [1.29, 1.82) is 0 Å². The van der Waals surface area contributed by atoms with E-state index in [1.54, 1.807) is 14.2 Å². The van der Waals surface area contributed by atoms with Gasteiger partial charge in [0.05, 0.1) is 12.2 Å². The van der Waals surface area contributed by atoms with Crippen LogP contribution in [0, 0.1) is 0 Å². The standard InChI is InChI=1S/C27H34N6O3/c1-7-10-22-23(25(35-5)36-6)33(27(2,3)4)26(34)32(22)17-18-13-15-19(16-14-18)20-11-8-9-12-21(20)24-28-30-31-29-24/h8-9,11-16,25H,7,10,17H2,1-6H3,(H,28,29,30,31). The molecule has 190 valence electrons. The van der Waals surface area contributed by atoms with Crippen LogP contribution in [-0.2, 0) is 28.0 Å². The first kappa shape index (κ1) is 25.5. The predicted molar refractivity (Wildman–Crippen MR) is 139 cm³/mol. The smallest absolute Gasteiger partial charge is 0.329 e. The number of methoxy groups -OCH3 is 2. The first-order chi connectivity index (χ1) is 17.3. The quantitative estimate of drug-likeness (QED) is 0.346. The monoisotopic (exact) mass is 490 g/mol. The molecule has 1 N–H and O–H groups in total. The second-order valence-corrected chi connectivity index (χ2v) is 9.75. The Morgan fingerprint density at radius 3 is 2.22 bits per heavy atom. The van der Waals surface area contributed by atoms with Crippen LogP contribution in [-0.4, -0.2) is 44.0 Å². The molecule has 0 fully saturated rings. The molecule has 0 bridgehead atoms. The molecule has 9 nitrogen and oxygen atoms in total. The third-order valence-corrected chi connectivity index (χ3v) is 6.23. The first-order valence-corrected chi connectivity index (χ1v) is 12.1. The zero-order valence-electron chi connectivity index (χ0n) is 21.8. The molecule has 0 aliphatic carbocycles. The molecule has 9 heteroatoms. The van der Waals surface area contributed by atoms with E-state index in [0.29, 0.717) is 12.4 Å². The second kappa shape index (κ2) is 10.6. The van der Waals surface area contributed by atoms with Crippen molar-refractivity contribution >= 4 is 0 Å². The molecule has 2 aromatic carbocycles. The number of H-pyrrole nitrogens is 1. The van der Waals surface area contributed by atoms with Crippen molar-refractivity contribution in [3.05, 3.63) is 76.0 Å². The van der Waals surface area contributed by atoms with Gasteiger partial charge in [0.2, 0.25) is 6.29 Å². The van der Waals surface area contributed by atoms with E-state index < -0.39 is 11.8 Å². The fourth-order valence-electron chi connectivity index (χ4n) is 4.67. The summed E-state index contributed by atoms with van der Waals surface area (Å²) >= 11 is 0. The predicted octanol–water partition coefficient (Wildman–Crippen LogP) is 4.54. The molecule has 0 aliphatic rings. The van der Waals surface area contributed by atoms with Crippen molar-refractivity contribution in [2.45, 2.75) is 58.9 Å². The van der Waals surface area contributed by atoms with Crippen molar-refractivity contribution in [1.82, 2.24) is 29.8 Å². The zero-order chi connectivity index (χ0) is 25.9. The van der Waals surface area contributed by atoms with Crippen molar-refractivity contribution in [2.24, 2.45) is 0 Å². The van der Waals surface area contributed by atoms with Crippen LogP contribution in [0.2, 0.25) is 0 Å². The lowest BCUT2D eigenvalue weighted by Gasteiger charge is -2.26. The van der Waals surface area contributed by atoms with E-state index in [9.17, 15) is 4.79 Å². The Bertz CT molecular complexity index is 1340. The number of nitrogens with one attached hydrogen (secondary N) is 1. The number of hydrogen-bond acceptors (Lipinski definition) is 6. The highest BCUT2D eigenvalue weighted by Crippen LogP contribution is 2.31. The maximum absolute atomic E-state index is 13.7. The molecular formula is C27H34N6O3. The number of aromatic nitrogens is 6. The first-order valence-electron chi connectivity index (χ1n) is 12.1. The number of ether oxygens (including phenoxy) is 2. The Morgan fingerprint density at radius 1 is 1.00 bits per heavy atom. The molecule has 4 aromatic rings. The lowest BCUT2D eigenvalue weighted by Crippen LogP contribution is -2.37. The van der Waals surface area contributed by atoms with Gasteiger partial charge in [0.15, 0.2) is 5.82 Å². The van der Waals surface area contributed by atoms with Crippen molar-refractivity contribution in [3.63, 3.8) is 0 Å². The Labute approximate surface area is 211 Å². The average Bonchev–Trinajstić information content (AvgIpc) is 3.49. The SMILES string of the molecule is CCCc1c(C(OC)OC)n(C(C)(C)C)c(=O)n1Cc1ccc(-c2ccccc2-c2nnn[nH]2)cc1. The Hall–Kier alpha value is -3.56. The van der Waals surface area contributed by atoms with E-state index >= 15 is 0 Å². The summed E-state index contributed by atoms with van der Waals surface area (Å²) in [5.74, 6) is 0.618. The van der Waals surface area contributed by atoms with Crippen molar-refractivity contribution < 1.29 is 9.47 Å². The molecule has 0 amide bonds. The van der Waals surface area contributed by atoms with Crippen LogP contribution in [0.1, 0.15) is 57.4 Å². The highest BCUT2D eigenvalue weighted by molar-refractivity contribution is 5.80. The van der Waals surface area contributed by atoms with Crippen LogP contribution in [0.15, 0.2) is 53.3 Å².